The van der Waals surface area contributed by atoms with Crippen molar-refractivity contribution in [3.63, 3.8) is 0 Å². The molecule has 2 atom stereocenters. The summed E-state index contributed by atoms with van der Waals surface area (Å²) in [7, 11) is -2.37. The maximum atomic E-state index is 6.23. The van der Waals surface area contributed by atoms with Gasteiger partial charge >= 0.3 is 8.56 Å². The van der Waals surface area contributed by atoms with Gasteiger partial charge in [-0.3, -0.25) is 0 Å². The highest BCUT2D eigenvalue weighted by Crippen LogP contribution is 2.36. The van der Waals surface area contributed by atoms with E-state index in [1.165, 1.54) is 0 Å². The number of ether oxygens (including phenoxy) is 2. The molecule has 0 radical (unpaired) electrons. The predicted octanol–water partition coefficient (Wildman–Crippen LogP) is 4.10. The Kier molecular flexibility index (Phi) is 6.48. The van der Waals surface area contributed by atoms with Crippen molar-refractivity contribution < 1.29 is 18.3 Å². The molecule has 136 valence electrons. The van der Waals surface area contributed by atoms with Crippen LogP contribution < -0.4 is 9.92 Å². The van der Waals surface area contributed by atoms with Gasteiger partial charge in [-0.1, -0.05) is 26.3 Å². The minimum absolute atomic E-state index is 0.349. The Morgan fingerprint density at radius 3 is 2.46 bits per heavy atom. The van der Waals surface area contributed by atoms with E-state index in [2.05, 4.69) is 32.5 Å². The molecule has 0 spiro atoms. The zero-order chi connectivity index (χ0) is 17.8. The van der Waals surface area contributed by atoms with Crippen LogP contribution in [0.5, 0.6) is 5.75 Å². The molecule has 0 N–H and O–H groups in total. The molecule has 0 bridgehead atoms. The Morgan fingerprint density at radius 1 is 1.21 bits per heavy atom. The fraction of sp³-hybridized carbons (Fsp3) is 0.684. The second kappa shape index (κ2) is 8.00. The highest BCUT2D eigenvalue weighted by atomic mass is 28.4. The van der Waals surface area contributed by atoms with E-state index in [1.54, 1.807) is 0 Å². The first kappa shape index (κ1) is 19.4. The number of fused-ring (bicyclic) bond motifs is 1. The standard InChI is InChI=1S/C19H32O4Si/c1-7-10-15(4)19(5)20-14-16-13-17(11-12-18(16)23-19)24(6,21-8-2)22-9-3/h11-13,15H,7-10,14H2,1-6H3. The Morgan fingerprint density at radius 2 is 1.88 bits per heavy atom. The molecule has 2 unspecified atom stereocenters. The summed E-state index contributed by atoms with van der Waals surface area (Å²) in [6.45, 7) is 14.4. The summed E-state index contributed by atoms with van der Waals surface area (Å²) in [6.07, 6.45) is 2.21. The quantitative estimate of drug-likeness (QED) is 0.660. The van der Waals surface area contributed by atoms with Crippen molar-refractivity contribution in [1.82, 2.24) is 0 Å². The van der Waals surface area contributed by atoms with Crippen LogP contribution in [0.2, 0.25) is 6.55 Å². The molecular formula is C19H32O4Si. The van der Waals surface area contributed by atoms with Gasteiger partial charge < -0.3 is 18.3 Å². The maximum absolute atomic E-state index is 6.23. The van der Waals surface area contributed by atoms with Crippen molar-refractivity contribution in [2.45, 2.75) is 66.4 Å². The zero-order valence-electron chi connectivity index (χ0n) is 16.0. The van der Waals surface area contributed by atoms with Gasteiger partial charge in [-0.15, -0.1) is 0 Å². The molecule has 0 amide bonds. The molecule has 4 nitrogen and oxygen atoms in total. The lowest BCUT2D eigenvalue weighted by atomic mass is 9.96. The maximum Gasteiger partial charge on any atom is 0.369 e. The summed E-state index contributed by atoms with van der Waals surface area (Å²) in [5.74, 6) is 0.715. The van der Waals surface area contributed by atoms with Crippen LogP contribution in [0.15, 0.2) is 18.2 Å². The van der Waals surface area contributed by atoms with E-state index in [4.69, 9.17) is 18.3 Å². The number of benzene rings is 1. The average molecular weight is 353 g/mol. The zero-order valence-corrected chi connectivity index (χ0v) is 17.0. The van der Waals surface area contributed by atoms with Gasteiger partial charge in [0.05, 0.1) is 6.61 Å². The van der Waals surface area contributed by atoms with Crippen molar-refractivity contribution in [1.29, 1.82) is 0 Å². The van der Waals surface area contributed by atoms with Crippen LogP contribution in [0.25, 0.3) is 0 Å². The third-order valence-corrected chi connectivity index (χ3v) is 7.91. The average Bonchev–Trinajstić information content (AvgIpc) is 2.55. The van der Waals surface area contributed by atoms with Crippen LogP contribution in [0.3, 0.4) is 0 Å². The van der Waals surface area contributed by atoms with Crippen LogP contribution in [-0.4, -0.2) is 27.6 Å². The highest BCUT2D eigenvalue weighted by Gasteiger charge is 2.39. The number of hydrogen-bond acceptors (Lipinski definition) is 4. The third kappa shape index (κ3) is 4.02. The SMILES string of the molecule is CCCC(C)C1(C)OCc2cc([Si](C)(OCC)OCC)ccc2O1. The normalized spacial score (nSPS) is 21.9. The minimum Gasteiger partial charge on any atom is -0.462 e. The van der Waals surface area contributed by atoms with Gasteiger partial charge in [0.15, 0.2) is 0 Å². The highest BCUT2D eigenvalue weighted by molar-refractivity contribution is 6.80. The van der Waals surface area contributed by atoms with Crippen LogP contribution in [-0.2, 0) is 20.2 Å². The van der Waals surface area contributed by atoms with Crippen LogP contribution in [0.4, 0.5) is 0 Å². The molecule has 5 heteroatoms. The van der Waals surface area contributed by atoms with Crippen molar-refractivity contribution in [2.24, 2.45) is 5.92 Å². The topological polar surface area (TPSA) is 36.9 Å². The van der Waals surface area contributed by atoms with E-state index in [0.29, 0.717) is 25.7 Å². The monoisotopic (exact) mass is 352 g/mol. The molecule has 0 saturated carbocycles. The first-order valence-electron chi connectivity index (χ1n) is 9.12. The molecule has 0 saturated heterocycles. The van der Waals surface area contributed by atoms with Crippen molar-refractivity contribution >= 4 is 13.7 Å². The fourth-order valence-corrected chi connectivity index (χ4v) is 5.58. The Bertz CT molecular complexity index is 542. The molecule has 0 aliphatic carbocycles. The summed E-state index contributed by atoms with van der Waals surface area (Å²) in [4.78, 5) is 0. The van der Waals surface area contributed by atoms with Gasteiger partial charge in [-0.05, 0) is 44.1 Å². The number of rotatable bonds is 8. The molecule has 1 aromatic carbocycles. The van der Waals surface area contributed by atoms with E-state index in [9.17, 15) is 0 Å². The summed E-state index contributed by atoms with van der Waals surface area (Å²) in [5.41, 5.74) is 1.08. The molecule has 1 heterocycles. The summed E-state index contributed by atoms with van der Waals surface area (Å²) >= 11 is 0. The van der Waals surface area contributed by atoms with Gasteiger partial charge in [-0.2, -0.15) is 0 Å². The van der Waals surface area contributed by atoms with Gasteiger partial charge in [0.2, 0.25) is 5.79 Å². The van der Waals surface area contributed by atoms with E-state index >= 15 is 0 Å². The van der Waals surface area contributed by atoms with Crippen molar-refractivity contribution in [3.05, 3.63) is 23.8 Å². The first-order chi connectivity index (χ1) is 11.4. The van der Waals surface area contributed by atoms with Gasteiger partial charge in [0.1, 0.15) is 5.75 Å². The number of hydrogen-bond donors (Lipinski definition) is 0. The van der Waals surface area contributed by atoms with Gasteiger partial charge in [0.25, 0.3) is 0 Å². The van der Waals surface area contributed by atoms with Crippen LogP contribution in [0, 0.1) is 5.92 Å². The Labute approximate surface area is 147 Å². The van der Waals surface area contributed by atoms with Gasteiger partial charge in [0, 0.05) is 31.6 Å². The van der Waals surface area contributed by atoms with E-state index in [1.807, 2.05) is 26.8 Å². The lowest BCUT2D eigenvalue weighted by molar-refractivity contribution is -0.223. The Balaban J connectivity index is 2.25. The third-order valence-electron chi connectivity index (χ3n) is 4.87. The van der Waals surface area contributed by atoms with Crippen molar-refractivity contribution in [2.75, 3.05) is 13.2 Å². The second-order valence-corrected chi connectivity index (χ2v) is 9.78. The molecule has 1 aliphatic heterocycles. The largest absolute Gasteiger partial charge is 0.462 e. The van der Waals surface area contributed by atoms with Crippen molar-refractivity contribution in [3.8, 4) is 5.75 Å². The van der Waals surface area contributed by atoms with E-state index < -0.39 is 14.3 Å². The lowest BCUT2D eigenvalue weighted by Gasteiger charge is -2.40. The van der Waals surface area contributed by atoms with Gasteiger partial charge in [-0.25, -0.2) is 0 Å². The summed E-state index contributed by atoms with van der Waals surface area (Å²) in [5, 5.41) is 1.13. The molecular weight excluding hydrogens is 320 g/mol. The van der Waals surface area contributed by atoms with E-state index in [0.717, 1.165) is 29.3 Å². The smallest absolute Gasteiger partial charge is 0.369 e. The van der Waals surface area contributed by atoms with E-state index in [-0.39, 0.29) is 0 Å². The molecule has 24 heavy (non-hydrogen) atoms. The predicted molar refractivity (Wildman–Crippen MR) is 98.8 cm³/mol. The van der Waals surface area contributed by atoms with Crippen LogP contribution in [0.1, 0.15) is 53.0 Å². The van der Waals surface area contributed by atoms with Crippen LogP contribution >= 0.6 is 0 Å². The summed E-state index contributed by atoms with van der Waals surface area (Å²) < 4.78 is 24.3. The molecule has 0 aromatic heterocycles. The summed E-state index contributed by atoms with van der Waals surface area (Å²) in [6, 6.07) is 6.27. The second-order valence-electron chi connectivity index (χ2n) is 6.73. The molecule has 1 aromatic rings. The molecule has 2 rings (SSSR count). The molecule has 1 aliphatic rings. The molecule has 0 fully saturated rings. The lowest BCUT2D eigenvalue weighted by Crippen LogP contribution is -2.51. The first-order valence-corrected chi connectivity index (χ1v) is 11.4. The Hall–Kier alpha value is -0.883. The minimum atomic E-state index is -2.37. The fourth-order valence-electron chi connectivity index (χ4n) is 3.24.